The van der Waals surface area contributed by atoms with Crippen molar-refractivity contribution in [2.75, 3.05) is 25.0 Å². The molecule has 0 atom stereocenters. The van der Waals surface area contributed by atoms with Gasteiger partial charge in [-0.05, 0) is 38.3 Å². The van der Waals surface area contributed by atoms with Crippen molar-refractivity contribution in [2.24, 2.45) is 0 Å². The van der Waals surface area contributed by atoms with Crippen molar-refractivity contribution in [3.63, 3.8) is 0 Å². The molecule has 0 radical (unpaired) electrons. The minimum Gasteiger partial charge on any atom is -0.338 e. The molecular formula is C26H41N5O2. The molecule has 0 saturated carbocycles. The third-order valence-corrected chi connectivity index (χ3v) is 5.54. The zero-order chi connectivity index (χ0) is 24.6. The number of rotatable bonds is 10. The molecule has 0 bridgehead atoms. The number of carbonyl (C=O) groups is 2. The SMILES string of the molecule is CCCCNC(=O)N(CCCC)CC(=O)Nc1cc(C(C)(C)C)nn1-c1ccc(C)cc1C. The molecule has 2 N–H and O–H groups in total. The summed E-state index contributed by atoms with van der Waals surface area (Å²) in [5.74, 6) is 0.377. The Morgan fingerprint density at radius 1 is 1.06 bits per heavy atom. The summed E-state index contributed by atoms with van der Waals surface area (Å²) in [4.78, 5) is 27.3. The van der Waals surface area contributed by atoms with Crippen LogP contribution in [0.3, 0.4) is 0 Å². The van der Waals surface area contributed by atoms with Crippen LogP contribution in [0.1, 0.15) is 77.1 Å². The minimum atomic E-state index is -0.233. The number of nitrogens with one attached hydrogen (secondary N) is 2. The summed E-state index contributed by atoms with van der Waals surface area (Å²) in [6.45, 7) is 15.7. The maximum absolute atomic E-state index is 13.0. The van der Waals surface area contributed by atoms with E-state index in [4.69, 9.17) is 5.10 Å². The molecule has 1 heterocycles. The molecule has 3 amide bonds. The predicted molar refractivity (Wildman–Crippen MR) is 135 cm³/mol. The zero-order valence-electron chi connectivity index (χ0n) is 21.4. The third-order valence-electron chi connectivity index (χ3n) is 5.54. The second-order valence-electron chi connectivity index (χ2n) is 9.78. The monoisotopic (exact) mass is 455 g/mol. The normalized spacial score (nSPS) is 11.4. The molecule has 0 unspecified atom stereocenters. The van der Waals surface area contributed by atoms with Crippen LogP contribution in [-0.2, 0) is 10.2 Å². The standard InChI is InChI=1S/C26H41N5O2/c1-8-10-14-27-25(33)30(15-11-9-2)18-24(32)28-23-17-22(26(5,6)7)29-31(23)21-13-12-19(3)16-20(21)4/h12-13,16-17H,8-11,14-15,18H2,1-7H3,(H,27,33)(H,28,32). The van der Waals surface area contributed by atoms with E-state index in [1.165, 1.54) is 5.56 Å². The molecule has 1 aromatic carbocycles. The summed E-state index contributed by atoms with van der Waals surface area (Å²) >= 11 is 0. The minimum absolute atomic E-state index is 0.000863. The second kappa shape index (κ2) is 11.9. The third kappa shape index (κ3) is 7.62. The van der Waals surface area contributed by atoms with Gasteiger partial charge in [-0.1, -0.05) is 65.2 Å². The highest BCUT2D eigenvalue weighted by atomic mass is 16.2. The molecule has 0 fully saturated rings. The first kappa shape index (κ1) is 26.4. The lowest BCUT2D eigenvalue weighted by molar-refractivity contribution is -0.116. The van der Waals surface area contributed by atoms with Crippen LogP contribution in [0, 0.1) is 13.8 Å². The Hall–Kier alpha value is -2.83. The number of aryl methyl sites for hydroxylation is 2. The molecule has 0 saturated heterocycles. The van der Waals surface area contributed by atoms with E-state index >= 15 is 0 Å². The Balaban J connectivity index is 2.27. The average Bonchev–Trinajstić information content (AvgIpc) is 3.15. The van der Waals surface area contributed by atoms with Gasteiger partial charge in [-0.2, -0.15) is 5.10 Å². The van der Waals surface area contributed by atoms with Gasteiger partial charge in [0.2, 0.25) is 5.91 Å². The summed E-state index contributed by atoms with van der Waals surface area (Å²) in [5, 5.41) is 10.8. The number of hydrogen-bond donors (Lipinski definition) is 2. The van der Waals surface area contributed by atoms with E-state index in [0.29, 0.717) is 18.9 Å². The maximum atomic E-state index is 13.0. The van der Waals surface area contributed by atoms with Crippen LogP contribution in [0.5, 0.6) is 0 Å². The van der Waals surface area contributed by atoms with Gasteiger partial charge in [-0.25, -0.2) is 9.48 Å². The van der Waals surface area contributed by atoms with Gasteiger partial charge in [0, 0.05) is 24.6 Å². The lowest BCUT2D eigenvalue weighted by atomic mass is 9.92. The van der Waals surface area contributed by atoms with Crippen LogP contribution < -0.4 is 10.6 Å². The molecule has 7 nitrogen and oxygen atoms in total. The van der Waals surface area contributed by atoms with Crippen molar-refractivity contribution in [3.05, 3.63) is 41.1 Å². The van der Waals surface area contributed by atoms with E-state index in [9.17, 15) is 9.59 Å². The van der Waals surface area contributed by atoms with Gasteiger partial charge in [-0.15, -0.1) is 0 Å². The molecule has 182 valence electrons. The Labute approximate surface area is 198 Å². The van der Waals surface area contributed by atoms with Crippen molar-refractivity contribution >= 4 is 17.8 Å². The van der Waals surface area contributed by atoms with E-state index in [0.717, 1.165) is 42.6 Å². The molecule has 0 spiro atoms. The number of benzene rings is 1. The van der Waals surface area contributed by atoms with Crippen molar-refractivity contribution in [1.82, 2.24) is 20.0 Å². The highest BCUT2D eigenvalue weighted by Gasteiger charge is 2.23. The zero-order valence-corrected chi connectivity index (χ0v) is 21.4. The van der Waals surface area contributed by atoms with Gasteiger partial charge in [-0.3, -0.25) is 4.79 Å². The Morgan fingerprint density at radius 2 is 1.76 bits per heavy atom. The van der Waals surface area contributed by atoms with E-state index in [1.54, 1.807) is 9.58 Å². The summed E-state index contributed by atoms with van der Waals surface area (Å²) in [6.07, 6.45) is 3.73. The summed E-state index contributed by atoms with van der Waals surface area (Å²) < 4.78 is 1.80. The van der Waals surface area contributed by atoms with Crippen molar-refractivity contribution in [1.29, 1.82) is 0 Å². The second-order valence-corrected chi connectivity index (χ2v) is 9.78. The van der Waals surface area contributed by atoms with Gasteiger partial charge < -0.3 is 15.5 Å². The molecule has 7 heteroatoms. The predicted octanol–water partition coefficient (Wildman–Crippen LogP) is 5.34. The number of aromatic nitrogens is 2. The Bertz CT molecular complexity index is 943. The number of nitrogens with zero attached hydrogens (tertiary/aromatic N) is 3. The summed E-state index contributed by atoms with van der Waals surface area (Å²) in [5.41, 5.74) is 3.89. The molecule has 1 aromatic heterocycles. The lowest BCUT2D eigenvalue weighted by Crippen LogP contribution is -2.44. The number of urea groups is 1. The van der Waals surface area contributed by atoms with Crippen LogP contribution in [0.2, 0.25) is 0 Å². The molecular weight excluding hydrogens is 414 g/mol. The first-order chi connectivity index (χ1) is 15.6. The van der Waals surface area contributed by atoms with Crippen molar-refractivity contribution in [2.45, 2.75) is 79.6 Å². The van der Waals surface area contributed by atoms with Crippen LogP contribution in [0.25, 0.3) is 5.69 Å². The molecule has 2 aromatic rings. The van der Waals surface area contributed by atoms with Crippen LogP contribution in [0.4, 0.5) is 10.6 Å². The fourth-order valence-corrected chi connectivity index (χ4v) is 3.50. The fraction of sp³-hybridized carbons (Fsp3) is 0.577. The topological polar surface area (TPSA) is 79.3 Å². The molecule has 0 aliphatic carbocycles. The van der Waals surface area contributed by atoms with Crippen LogP contribution in [0.15, 0.2) is 24.3 Å². The van der Waals surface area contributed by atoms with E-state index in [2.05, 4.69) is 58.2 Å². The van der Waals surface area contributed by atoms with Crippen LogP contribution in [-0.4, -0.2) is 46.3 Å². The van der Waals surface area contributed by atoms with Gasteiger partial charge in [0.05, 0.1) is 11.4 Å². The van der Waals surface area contributed by atoms with Crippen LogP contribution >= 0.6 is 0 Å². The quantitative estimate of drug-likeness (QED) is 0.475. The number of hydrogen-bond acceptors (Lipinski definition) is 3. The highest BCUT2D eigenvalue weighted by molar-refractivity contribution is 5.94. The first-order valence-electron chi connectivity index (χ1n) is 12.1. The van der Waals surface area contributed by atoms with E-state index in [1.807, 2.05) is 25.1 Å². The molecule has 0 aliphatic heterocycles. The number of anilines is 1. The first-order valence-corrected chi connectivity index (χ1v) is 12.1. The number of unbranched alkanes of at least 4 members (excludes halogenated alkanes) is 2. The smallest absolute Gasteiger partial charge is 0.317 e. The van der Waals surface area contributed by atoms with E-state index in [-0.39, 0.29) is 23.9 Å². The van der Waals surface area contributed by atoms with Crippen molar-refractivity contribution < 1.29 is 9.59 Å². The van der Waals surface area contributed by atoms with Gasteiger partial charge >= 0.3 is 6.03 Å². The van der Waals surface area contributed by atoms with Gasteiger partial charge in [0.15, 0.2) is 0 Å². The Morgan fingerprint density at radius 3 is 2.36 bits per heavy atom. The Kier molecular flexibility index (Phi) is 9.50. The van der Waals surface area contributed by atoms with E-state index < -0.39 is 0 Å². The maximum Gasteiger partial charge on any atom is 0.317 e. The molecule has 2 rings (SSSR count). The van der Waals surface area contributed by atoms with Crippen molar-refractivity contribution in [3.8, 4) is 5.69 Å². The summed E-state index contributed by atoms with van der Waals surface area (Å²) in [6, 6.07) is 7.90. The fourth-order valence-electron chi connectivity index (χ4n) is 3.50. The van der Waals surface area contributed by atoms with Gasteiger partial charge in [0.1, 0.15) is 12.4 Å². The average molecular weight is 456 g/mol. The number of carbonyl (C=O) groups excluding carboxylic acids is 2. The lowest BCUT2D eigenvalue weighted by Gasteiger charge is -2.22. The molecule has 0 aliphatic rings. The largest absolute Gasteiger partial charge is 0.338 e. The highest BCUT2D eigenvalue weighted by Crippen LogP contribution is 2.27. The molecule has 33 heavy (non-hydrogen) atoms. The van der Waals surface area contributed by atoms with Gasteiger partial charge in [0.25, 0.3) is 0 Å². The number of amides is 3. The summed E-state index contributed by atoms with van der Waals surface area (Å²) in [7, 11) is 0.